The van der Waals surface area contributed by atoms with Crippen LogP contribution in [0.15, 0.2) is 53.1 Å². The van der Waals surface area contributed by atoms with E-state index in [0.717, 1.165) is 12.1 Å². The minimum atomic E-state index is -4.55. The maximum Gasteiger partial charge on any atom is 0.416 e. The SMILES string of the molecule is O=C(OCc1nc(-c2ccccc2Cl)no1)c1cccc(C(F)(F)F)c1. The summed E-state index contributed by atoms with van der Waals surface area (Å²) in [6.45, 7) is -0.382. The van der Waals surface area contributed by atoms with Crippen molar-refractivity contribution in [2.75, 3.05) is 0 Å². The van der Waals surface area contributed by atoms with E-state index in [1.54, 1.807) is 24.3 Å². The van der Waals surface area contributed by atoms with Gasteiger partial charge in [-0.3, -0.25) is 0 Å². The molecular formula is C17H10ClF3N2O3. The van der Waals surface area contributed by atoms with Gasteiger partial charge in [-0.1, -0.05) is 35.0 Å². The number of carbonyl (C=O) groups excluding carboxylic acids is 1. The van der Waals surface area contributed by atoms with Gasteiger partial charge in [0.25, 0.3) is 5.89 Å². The van der Waals surface area contributed by atoms with Crippen LogP contribution in [-0.4, -0.2) is 16.1 Å². The van der Waals surface area contributed by atoms with Crippen LogP contribution in [0.4, 0.5) is 13.2 Å². The van der Waals surface area contributed by atoms with Crippen LogP contribution in [0.5, 0.6) is 0 Å². The lowest BCUT2D eigenvalue weighted by atomic mass is 10.1. The molecule has 3 rings (SSSR count). The van der Waals surface area contributed by atoms with Gasteiger partial charge in [0.2, 0.25) is 5.82 Å². The second-order valence-electron chi connectivity index (χ2n) is 5.15. The Kier molecular flexibility index (Phi) is 4.94. The molecule has 2 aromatic carbocycles. The molecule has 0 saturated heterocycles. The Bertz CT molecular complexity index is 941. The van der Waals surface area contributed by atoms with Crippen LogP contribution in [0.25, 0.3) is 11.4 Å². The molecule has 9 heteroatoms. The fourth-order valence-corrected chi connectivity index (χ4v) is 2.32. The zero-order valence-electron chi connectivity index (χ0n) is 13.0. The summed E-state index contributed by atoms with van der Waals surface area (Å²) in [4.78, 5) is 16.0. The van der Waals surface area contributed by atoms with Crippen LogP contribution < -0.4 is 0 Å². The van der Waals surface area contributed by atoms with Crippen LogP contribution in [0, 0.1) is 0 Å². The number of hydrogen-bond acceptors (Lipinski definition) is 5. The van der Waals surface area contributed by atoms with Crippen LogP contribution in [0.1, 0.15) is 21.8 Å². The molecule has 134 valence electrons. The summed E-state index contributed by atoms with van der Waals surface area (Å²) in [6, 6.07) is 10.7. The summed E-state index contributed by atoms with van der Waals surface area (Å²) in [5, 5.41) is 4.15. The van der Waals surface area contributed by atoms with E-state index in [4.69, 9.17) is 20.9 Å². The van der Waals surface area contributed by atoms with Gasteiger partial charge >= 0.3 is 12.1 Å². The van der Waals surface area contributed by atoms with Crippen LogP contribution in [-0.2, 0) is 17.5 Å². The quantitative estimate of drug-likeness (QED) is 0.608. The Morgan fingerprint density at radius 2 is 1.92 bits per heavy atom. The van der Waals surface area contributed by atoms with Gasteiger partial charge in [-0.2, -0.15) is 18.2 Å². The predicted octanol–water partition coefficient (Wildman–Crippen LogP) is 4.77. The third kappa shape index (κ3) is 4.02. The normalized spacial score (nSPS) is 11.4. The minimum absolute atomic E-state index is 0.0137. The van der Waals surface area contributed by atoms with Gasteiger partial charge in [0, 0.05) is 5.56 Å². The van der Waals surface area contributed by atoms with Crippen molar-refractivity contribution in [3.05, 3.63) is 70.6 Å². The third-order valence-corrected chi connectivity index (χ3v) is 3.66. The molecule has 0 amide bonds. The van der Waals surface area contributed by atoms with Crippen molar-refractivity contribution in [2.24, 2.45) is 0 Å². The Balaban J connectivity index is 1.68. The third-order valence-electron chi connectivity index (χ3n) is 3.34. The Morgan fingerprint density at radius 1 is 1.15 bits per heavy atom. The summed E-state index contributed by atoms with van der Waals surface area (Å²) in [5.74, 6) is -0.741. The van der Waals surface area contributed by atoms with Crippen molar-refractivity contribution in [3.8, 4) is 11.4 Å². The fourth-order valence-electron chi connectivity index (χ4n) is 2.10. The monoisotopic (exact) mass is 382 g/mol. The number of halogens is 4. The summed E-state index contributed by atoms with van der Waals surface area (Å²) in [5.41, 5.74) is -0.634. The van der Waals surface area contributed by atoms with Crippen LogP contribution >= 0.6 is 11.6 Å². The molecule has 1 aromatic heterocycles. The fraction of sp³-hybridized carbons (Fsp3) is 0.118. The molecule has 0 aliphatic rings. The van der Waals surface area contributed by atoms with Crippen molar-refractivity contribution in [1.82, 2.24) is 10.1 Å². The molecule has 1 heterocycles. The Hall–Kier alpha value is -2.87. The van der Waals surface area contributed by atoms with Crippen molar-refractivity contribution in [3.63, 3.8) is 0 Å². The first-order valence-electron chi connectivity index (χ1n) is 7.26. The van der Waals surface area contributed by atoms with E-state index >= 15 is 0 Å². The lowest BCUT2D eigenvalue weighted by Crippen LogP contribution is -2.09. The maximum atomic E-state index is 12.7. The molecule has 0 unspecified atom stereocenters. The molecule has 0 aliphatic carbocycles. The Morgan fingerprint density at radius 3 is 2.65 bits per heavy atom. The van der Waals surface area contributed by atoms with Crippen LogP contribution in [0.2, 0.25) is 5.02 Å². The summed E-state index contributed by atoms with van der Waals surface area (Å²) in [6.07, 6.45) is -4.55. The first-order chi connectivity index (χ1) is 12.3. The molecule has 26 heavy (non-hydrogen) atoms. The second kappa shape index (κ2) is 7.17. The molecule has 0 spiro atoms. The number of alkyl halides is 3. The van der Waals surface area contributed by atoms with Gasteiger partial charge < -0.3 is 9.26 Å². The van der Waals surface area contributed by atoms with Crippen molar-refractivity contribution < 1.29 is 27.2 Å². The van der Waals surface area contributed by atoms with E-state index in [-0.39, 0.29) is 23.9 Å². The average Bonchev–Trinajstić information content (AvgIpc) is 3.08. The molecule has 5 nitrogen and oxygen atoms in total. The molecule has 0 bridgehead atoms. The average molecular weight is 383 g/mol. The number of nitrogens with zero attached hydrogens (tertiary/aromatic N) is 2. The zero-order chi connectivity index (χ0) is 18.7. The standard InChI is InChI=1S/C17H10ClF3N2O3/c18-13-7-2-1-6-12(13)15-22-14(26-23-15)9-25-16(24)10-4-3-5-11(8-10)17(19,20)21/h1-8H,9H2. The Labute approximate surface area is 150 Å². The summed E-state index contributed by atoms with van der Waals surface area (Å²) >= 11 is 6.03. The highest BCUT2D eigenvalue weighted by molar-refractivity contribution is 6.33. The molecular weight excluding hydrogens is 373 g/mol. The van der Waals surface area contributed by atoms with Gasteiger partial charge in [0.05, 0.1) is 16.1 Å². The second-order valence-corrected chi connectivity index (χ2v) is 5.55. The van der Waals surface area contributed by atoms with Crippen molar-refractivity contribution in [1.29, 1.82) is 0 Å². The molecule has 0 atom stereocenters. The van der Waals surface area contributed by atoms with E-state index in [9.17, 15) is 18.0 Å². The molecule has 3 aromatic rings. The van der Waals surface area contributed by atoms with E-state index in [1.807, 2.05) is 0 Å². The number of rotatable bonds is 4. The van der Waals surface area contributed by atoms with Gasteiger partial charge in [0.1, 0.15) is 0 Å². The van der Waals surface area contributed by atoms with Gasteiger partial charge in [0.15, 0.2) is 6.61 Å². The van der Waals surface area contributed by atoms with E-state index < -0.39 is 17.7 Å². The highest BCUT2D eigenvalue weighted by Gasteiger charge is 2.31. The molecule has 0 N–H and O–H groups in total. The first-order valence-corrected chi connectivity index (χ1v) is 7.64. The number of hydrogen-bond donors (Lipinski definition) is 0. The molecule has 0 radical (unpaired) electrons. The van der Waals surface area contributed by atoms with Gasteiger partial charge in [-0.15, -0.1) is 0 Å². The largest absolute Gasteiger partial charge is 0.452 e. The lowest BCUT2D eigenvalue weighted by molar-refractivity contribution is -0.137. The molecule has 0 fully saturated rings. The van der Waals surface area contributed by atoms with Crippen molar-refractivity contribution >= 4 is 17.6 Å². The number of aromatic nitrogens is 2. The predicted molar refractivity (Wildman–Crippen MR) is 85.3 cm³/mol. The number of carbonyl (C=O) groups is 1. The summed E-state index contributed by atoms with van der Waals surface area (Å²) < 4.78 is 47.9. The number of benzene rings is 2. The number of ether oxygens (including phenoxy) is 1. The summed E-state index contributed by atoms with van der Waals surface area (Å²) in [7, 11) is 0. The smallest absolute Gasteiger partial charge is 0.416 e. The first kappa shape index (κ1) is 17.9. The van der Waals surface area contributed by atoms with Gasteiger partial charge in [-0.25, -0.2) is 4.79 Å². The molecule has 0 aliphatic heterocycles. The van der Waals surface area contributed by atoms with E-state index in [1.165, 1.54) is 6.07 Å². The van der Waals surface area contributed by atoms with E-state index in [0.29, 0.717) is 16.7 Å². The van der Waals surface area contributed by atoms with Crippen molar-refractivity contribution in [2.45, 2.75) is 12.8 Å². The molecule has 0 saturated carbocycles. The minimum Gasteiger partial charge on any atom is -0.452 e. The zero-order valence-corrected chi connectivity index (χ0v) is 13.7. The van der Waals surface area contributed by atoms with Crippen LogP contribution in [0.3, 0.4) is 0 Å². The van der Waals surface area contributed by atoms with E-state index in [2.05, 4.69) is 10.1 Å². The van der Waals surface area contributed by atoms with Gasteiger partial charge in [-0.05, 0) is 30.3 Å². The maximum absolute atomic E-state index is 12.7. The highest BCUT2D eigenvalue weighted by atomic mass is 35.5. The number of esters is 1. The lowest BCUT2D eigenvalue weighted by Gasteiger charge is -2.08. The topological polar surface area (TPSA) is 65.2 Å². The highest BCUT2D eigenvalue weighted by Crippen LogP contribution is 2.29.